The van der Waals surface area contributed by atoms with Gasteiger partial charge in [-0.15, -0.1) is 0 Å². The van der Waals surface area contributed by atoms with Gasteiger partial charge < -0.3 is 5.32 Å². The molecule has 0 saturated carbocycles. The van der Waals surface area contributed by atoms with Gasteiger partial charge in [0, 0.05) is 0 Å². The third-order valence-electron chi connectivity index (χ3n) is 3.39. The number of hydrogen-bond acceptors (Lipinski definition) is 1. The van der Waals surface area contributed by atoms with Crippen LogP contribution in [0.1, 0.15) is 57.6 Å². The molecule has 0 aliphatic carbocycles. The van der Waals surface area contributed by atoms with E-state index in [1.54, 1.807) is 0 Å². The van der Waals surface area contributed by atoms with Crippen molar-refractivity contribution in [3.8, 4) is 0 Å². The highest BCUT2D eigenvalue weighted by atomic mass is 14.8. The van der Waals surface area contributed by atoms with Crippen LogP contribution in [0.25, 0.3) is 0 Å². The zero-order chi connectivity index (χ0) is 13.4. The van der Waals surface area contributed by atoms with Gasteiger partial charge in [-0.1, -0.05) is 52.0 Å². The maximum absolute atomic E-state index is 3.45. The lowest BCUT2D eigenvalue weighted by atomic mass is 9.91. The smallest absolute Gasteiger partial charge is 0.000835 e. The van der Waals surface area contributed by atoms with Crippen molar-refractivity contribution in [2.24, 2.45) is 5.92 Å². The van der Waals surface area contributed by atoms with E-state index in [4.69, 9.17) is 0 Å². The molecule has 0 fully saturated rings. The van der Waals surface area contributed by atoms with Crippen molar-refractivity contribution in [3.63, 3.8) is 0 Å². The zero-order valence-corrected chi connectivity index (χ0v) is 12.5. The Hall–Kier alpha value is -0.820. The second-order valence-electron chi connectivity index (χ2n) is 5.77. The Kier molecular flexibility index (Phi) is 7.04. The van der Waals surface area contributed by atoms with E-state index in [0.717, 1.165) is 25.4 Å². The van der Waals surface area contributed by atoms with Crippen LogP contribution in [-0.4, -0.2) is 13.1 Å². The lowest BCUT2D eigenvalue weighted by Gasteiger charge is -2.14. The number of hydrogen-bond donors (Lipinski definition) is 1. The number of nitrogens with one attached hydrogen (secondary N) is 1. The van der Waals surface area contributed by atoms with E-state index in [-0.39, 0.29) is 0 Å². The first-order valence-electron chi connectivity index (χ1n) is 7.43. The minimum absolute atomic E-state index is 0.678. The van der Waals surface area contributed by atoms with Crippen LogP contribution in [0.5, 0.6) is 0 Å². The van der Waals surface area contributed by atoms with Gasteiger partial charge in [0.15, 0.2) is 0 Å². The molecule has 0 aromatic heterocycles. The molecule has 1 heteroatoms. The topological polar surface area (TPSA) is 12.0 Å². The van der Waals surface area contributed by atoms with Gasteiger partial charge in [-0.25, -0.2) is 0 Å². The molecule has 1 aromatic carbocycles. The first-order chi connectivity index (χ1) is 8.63. The SMILES string of the molecule is CCCNCCc1ccc(C(C)CC(C)C)cc1. The number of benzene rings is 1. The average molecular weight is 247 g/mol. The van der Waals surface area contributed by atoms with Crippen LogP contribution in [0.15, 0.2) is 24.3 Å². The summed E-state index contributed by atoms with van der Waals surface area (Å²) >= 11 is 0. The van der Waals surface area contributed by atoms with E-state index in [1.165, 1.54) is 24.0 Å². The molecular weight excluding hydrogens is 218 g/mol. The standard InChI is InChI=1S/C17H29N/c1-5-11-18-12-10-16-6-8-17(9-7-16)15(4)13-14(2)3/h6-9,14-15,18H,5,10-13H2,1-4H3. The van der Waals surface area contributed by atoms with Crippen LogP contribution >= 0.6 is 0 Å². The predicted octanol–water partition coefficient (Wildman–Crippen LogP) is 4.38. The Morgan fingerprint density at radius 2 is 1.67 bits per heavy atom. The first kappa shape index (κ1) is 15.2. The molecule has 0 aliphatic rings. The van der Waals surface area contributed by atoms with E-state index in [1.807, 2.05) is 0 Å². The fourth-order valence-electron chi connectivity index (χ4n) is 2.39. The molecule has 1 nitrogen and oxygen atoms in total. The van der Waals surface area contributed by atoms with Gasteiger partial charge in [0.1, 0.15) is 0 Å². The highest BCUT2D eigenvalue weighted by Crippen LogP contribution is 2.23. The van der Waals surface area contributed by atoms with E-state index in [0.29, 0.717) is 5.92 Å². The minimum Gasteiger partial charge on any atom is -0.316 e. The van der Waals surface area contributed by atoms with Crippen LogP contribution in [0, 0.1) is 5.92 Å². The molecule has 102 valence electrons. The average Bonchev–Trinajstić information content (AvgIpc) is 2.34. The maximum atomic E-state index is 3.45. The summed E-state index contributed by atoms with van der Waals surface area (Å²) in [6, 6.07) is 9.20. The summed E-state index contributed by atoms with van der Waals surface area (Å²) in [6.07, 6.45) is 3.63. The van der Waals surface area contributed by atoms with E-state index in [9.17, 15) is 0 Å². The summed E-state index contributed by atoms with van der Waals surface area (Å²) in [5, 5.41) is 3.45. The van der Waals surface area contributed by atoms with Gasteiger partial charge in [-0.05, 0) is 55.3 Å². The Morgan fingerprint density at radius 1 is 1.00 bits per heavy atom. The molecule has 18 heavy (non-hydrogen) atoms. The van der Waals surface area contributed by atoms with Crippen LogP contribution in [0.4, 0.5) is 0 Å². The van der Waals surface area contributed by atoms with Crippen LogP contribution < -0.4 is 5.32 Å². The fraction of sp³-hybridized carbons (Fsp3) is 0.647. The molecule has 1 unspecified atom stereocenters. The van der Waals surface area contributed by atoms with E-state index >= 15 is 0 Å². The van der Waals surface area contributed by atoms with Gasteiger partial charge in [0.2, 0.25) is 0 Å². The van der Waals surface area contributed by atoms with Gasteiger partial charge in [-0.3, -0.25) is 0 Å². The molecule has 1 rings (SSSR count). The molecule has 0 aliphatic heterocycles. The molecule has 0 radical (unpaired) electrons. The quantitative estimate of drug-likeness (QED) is 0.672. The molecule has 0 saturated heterocycles. The lowest BCUT2D eigenvalue weighted by molar-refractivity contribution is 0.523. The lowest BCUT2D eigenvalue weighted by Crippen LogP contribution is -2.17. The van der Waals surface area contributed by atoms with Crippen LogP contribution in [-0.2, 0) is 6.42 Å². The minimum atomic E-state index is 0.678. The monoisotopic (exact) mass is 247 g/mol. The highest BCUT2D eigenvalue weighted by molar-refractivity contribution is 5.25. The van der Waals surface area contributed by atoms with E-state index < -0.39 is 0 Å². The van der Waals surface area contributed by atoms with Crippen molar-refractivity contribution in [2.75, 3.05) is 13.1 Å². The Balaban J connectivity index is 2.42. The number of rotatable bonds is 8. The summed E-state index contributed by atoms with van der Waals surface area (Å²) in [5.41, 5.74) is 2.92. The Bertz CT molecular complexity index is 313. The van der Waals surface area contributed by atoms with Gasteiger partial charge in [0.25, 0.3) is 0 Å². The molecule has 0 amide bonds. The van der Waals surface area contributed by atoms with Crippen molar-refractivity contribution in [1.82, 2.24) is 5.32 Å². The first-order valence-corrected chi connectivity index (χ1v) is 7.43. The molecule has 1 aromatic rings. The highest BCUT2D eigenvalue weighted by Gasteiger charge is 2.07. The Morgan fingerprint density at radius 3 is 2.22 bits per heavy atom. The molecular formula is C17H29N. The molecule has 1 N–H and O–H groups in total. The zero-order valence-electron chi connectivity index (χ0n) is 12.5. The van der Waals surface area contributed by atoms with Gasteiger partial charge in [-0.2, -0.15) is 0 Å². The predicted molar refractivity (Wildman–Crippen MR) is 81.2 cm³/mol. The van der Waals surface area contributed by atoms with Crippen molar-refractivity contribution in [2.45, 2.75) is 52.9 Å². The summed E-state index contributed by atoms with van der Waals surface area (Å²) in [6.45, 7) is 11.3. The van der Waals surface area contributed by atoms with Crippen molar-refractivity contribution < 1.29 is 0 Å². The van der Waals surface area contributed by atoms with Crippen molar-refractivity contribution in [3.05, 3.63) is 35.4 Å². The van der Waals surface area contributed by atoms with Gasteiger partial charge >= 0.3 is 0 Å². The molecule has 0 bridgehead atoms. The Labute approximate surface area is 113 Å². The van der Waals surface area contributed by atoms with Crippen LogP contribution in [0.2, 0.25) is 0 Å². The van der Waals surface area contributed by atoms with Gasteiger partial charge in [0.05, 0.1) is 0 Å². The normalized spacial score (nSPS) is 12.9. The van der Waals surface area contributed by atoms with Crippen LogP contribution in [0.3, 0.4) is 0 Å². The second kappa shape index (κ2) is 8.31. The third kappa shape index (κ3) is 5.68. The van der Waals surface area contributed by atoms with Crippen molar-refractivity contribution in [1.29, 1.82) is 0 Å². The maximum Gasteiger partial charge on any atom is -0.000835 e. The summed E-state index contributed by atoms with van der Waals surface area (Å²) in [7, 11) is 0. The summed E-state index contributed by atoms with van der Waals surface area (Å²) < 4.78 is 0. The molecule has 0 heterocycles. The third-order valence-corrected chi connectivity index (χ3v) is 3.39. The molecule has 0 spiro atoms. The second-order valence-corrected chi connectivity index (χ2v) is 5.77. The largest absolute Gasteiger partial charge is 0.316 e. The van der Waals surface area contributed by atoms with Crippen molar-refractivity contribution >= 4 is 0 Å². The summed E-state index contributed by atoms with van der Waals surface area (Å²) in [4.78, 5) is 0. The molecule has 1 atom stereocenters. The van der Waals surface area contributed by atoms with E-state index in [2.05, 4.69) is 57.3 Å². The fourth-order valence-corrected chi connectivity index (χ4v) is 2.39. The summed E-state index contributed by atoms with van der Waals surface area (Å²) in [5.74, 6) is 1.45.